The van der Waals surface area contributed by atoms with Crippen LogP contribution in [0.4, 0.5) is 0 Å². The van der Waals surface area contributed by atoms with Crippen LogP contribution in [-0.2, 0) is 19.4 Å². The lowest BCUT2D eigenvalue weighted by Gasteiger charge is -2.16. The van der Waals surface area contributed by atoms with Crippen molar-refractivity contribution in [3.05, 3.63) is 110 Å². The molecular weight excluding hydrogens is 566 g/mol. The van der Waals surface area contributed by atoms with Crippen LogP contribution in [0.15, 0.2) is 81.6 Å². The molecule has 1 aromatic heterocycles. The third-order valence-electron chi connectivity index (χ3n) is 5.99. The van der Waals surface area contributed by atoms with Crippen molar-refractivity contribution in [3.8, 4) is 11.5 Å². The number of benzene rings is 3. The molecule has 196 valence electrons. The zero-order chi connectivity index (χ0) is 27.1. The minimum Gasteiger partial charge on any atom is -0.493 e. The van der Waals surface area contributed by atoms with E-state index in [0.29, 0.717) is 52.7 Å². The van der Waals surface area contributed by atoms with Crippen LogP contribution < -0.4 is 15.0 Å². The zero-order valence-electron chi connectivity index (χ0n) is 21.4. The molecule has 8 heteroatoms. The summed E-state index contributed by atoms with van der Waals surface area (Å²) < 4.78 is 14.1. The molecule has 0 saturated heterocycles. The van der Waals surface area contributed by atoms with Crippen molar-refractivity contribution in [2.75, 3.05) is 7.11 Å². The molecule has 0 atom stereocenters. The average molecular weight is 595 g/mol. The first kappa shape index (κ1) is 27.6. The Kier molecular flexibility index (Phi) is 9.37. The van der Waals surface area contributed by atoms with Gasteiger partial charge in [-0.15, -0.1) is 6.58 Å². The van der Waals surface area contributed by atoms with Crippen molar-refractivity contribution in [2.45, 2.75) is 39.2 Å². The summed E-state index contributed by atoms with van der Waals surface area (Å²) in [6, 6.07) is 16.8. The van der Waals surface area contributed by atoms with Crippen LogP contribution in [0.1, 0.15) is 42.3 Å². The standard InChI is InChI=1S/C30H29BrClN3O3/c1-4-6-8-28-34-26-14-11-23(31)17-25(26)30(36)35(28)33-18-21-15-22(7-5-2)29(27(16-21)37-3)38-19-20-9-12-24(32)13-10-20/h5,9-18H,2,4,6-8,19H2,1,3H3. The normalized spacial score (nSPS) is 11.3. The highest BCUT2D eigenvalue weighted by atomic mass is 79.9. The Bertz CT molecular complexity index is 1530. The molecule has 0 amide bonds. The molecule has 0 radical (unpaired) electrons. The highest BCUT2D eigenvalue weighted by Gasteiger charge is 2.14. The molecule has 0 fully saturated rings. The van der Waals surface area contributed by atoms with E-state index >= 15 is 0 Å². The molecule has 0 spiro atoms. The first-order chi connectivity index (χ1) is 18.4. The predicted molar refractivity (Wildman–Crippen MR) is 158 cm³/mol. The molecular formula is C30H29BrClN3O3. The first-order valence-electron chi connectivity index (χ1n) is 12.4. The lowest BCUT2D eigenvalue weighted by atomic mass is 10.1. The van der Waals surface area contributed by atoms with Gasteiger partial charge < -0.3 is 9.47 Å². The number of fused-ring (bicyclic) bond motifs is 1. The molecule has 0 unspecified atom stereocenters. The number of aromatic nitrogens is 2. The number of nitrogens with zero attached hydrogens (tertiary/aromatic N) is 3. The van der Waals surface area contributed by atoms with Crippen LogP contribution in [0.25, 0.3) is 10.9 Å². The summed E-state index contributed by atoms with van der Waals surface area (Å²) in [5.74, 6) is 1.83. The van der Waals surface area contributed by atoms with Crippen molar-refractivity contribution >= 4 is 44.6 Å². The van der Waals surface area contributed by atoms with E-state index in [2.05, 4.69) is 34.5 Å². The fourth-order valence-electron chi connectivity index (χ4n) is 4.05. The van der Waals surface area contributed by atoms with Crippen molar-refractivity contribution < 1.29 is 9.47 Å². The molecule has 1 heterocycles. The van der Waals surface area contributed by atoms with Crippen molar-refractivity contribution in [1.82, 2.24) is 9.66 Å². The highest BCUT2D eigenvalue weighted by Crippen LogP contribution is 2.34. The number of aryl methyl sites for hydroxylation is 1. The molecule has 4 rings (SSSR count). The largest absolute Gasteiger partial charge is 0.493 e. The maximum absolute atomic E-state index is 13.4. The van der Waals surface area contributed by atoms with Gasteiger partial charge in [0.1, 0.15) is 12.4 Å². The van der Waals surface area contributed by atoms with Gasteiger partial charge in [-0.05, 0) is 66.4 Å². The number of rotatable bonds is 11. The number of hydrogen-bond acceptors (Lipinski definition) is 5. The first-order valence-corrected chi connectivity index (χ1v) is 13.5. The lowest BCUT2D eigenvalue weighted by Crippen LogP contribution is -2.22. The van der Waals surface area contributed by atoms with E-state index in [1.165, 1.54) is 4.68 Å². The van der Waals surface area contributed by atoms with Crippen molar-refractivity contribution in [2.24, 2.45) is 5.10 Å². The Hall–Kier alpha value is -3.42. The van der Waals surface area contributed by atoms with Gasteiger partial charge in [-0.3, -0.25) is 4.79 Å². The molecule has 38 heavy (non-hydrogen) atoms. The molecule has 0 aliphatic heterocycles. The summed E-state index contributed by atoms with van der Waals surface area (Å²) in [6.45, 7) is 6.36. The number of halogens is 2. The third kappa shape index (κ3) is 6.52. The highest BCUT2D eigenvalue weighted by molar-refractivity contribution is 9.10. The summed E-state index contributed by atoms with van der Waals surface area (Å²) >= 11 is 9.45. The van der Waals surface area contributed by atoms with Gasteiger partial charge in [0.2, 0.25) is 0 Å². The van der Waals surface area contributed by atoms with Gasteiger partial charge in [0.25, 0.3) is 5.56 Å². The molecule has 3 aromatic carbocycles. The summed E-state index contributed by atoms with van der Waals surface area (Å²) in [6.07, 6.45) is 6.57. The predicted octanol–water partition coefficient (Wildman–Crippen LogP) is 7.35. The minimum atomic E-state index is -0.208. The number of unbranched alkanes of at least 4 members (excludes halogenated alkanes) is 1. The van der Waals surface area contributed by atoms with Gasteiger partial charge >= 0.3 is 0 Å². The molecule has 0 aliphatic rings. The molecule has 4 aromatic rings. The van der Waals surface area contributed by atoms with Crippen LogP contribution in [0.3, 0.4) is 0 Å². The van der Waals surface area contributed by atoms with Gasteiger partial charge in [0.05, 0.1) is 24.2 Å². The van der Waals surface area contributed by atoms with Crippen LogP contribution in [0.5, 0.6) is 11.5 Å². The second kappa shape index (κ2) is 12.9. The van der Waals surface area contributed by atoms with Gasteiger partial charge in [0, 0.05) is 21.5 Å². The molecule has 0 aliphatic carbocycles. The van der Waals surface area contributed by atoms with E-state index in [9.17, 15) is 4.79 Å². The molecule has 0 saturated carbocycles. The van der Waals surface area contributed by atoms with E-state index in [1.54, 1.807) is 19.4 Å². The fraction of sp³-hybridized carbons (Fsp3) is 0.233. The Labute approximate surface area is 235 Å². The van der Waals surface area contributed by atoms with Gasteiger partial charge in [-0.2, -0.15) is 9.78 Å². The lowest BCUT2D eigenvalue weighted by molar-refractivity contribution is 0.282. The number of hydrogen-bond donors (Lipinski definition) is 0. The molecule has 0 N–H and O–H groups in total. The van der Waals surface area contributed by atoms with Gasteiger partial charge in [0.15, 0.2) is 11.5 Å². The van der Waals surface area contributed by atoms with E-state index in [-0.39, 0.29) is 5.56 Å². The second-order valence-electron chi connectivity index (χ2n) is 8.77. The Morgan fingerprint density at radius 1 is 1.16 bits per heavy atom. The number of allylic oxidation sites excluding steroid dienone is 1. The monoisotopic (exact) mass is 593 g/mol. The summed E-state index contributed by atoms with van der Waals surface area (Å²) in [5, 5.41) is 5.77. The Morgan fingerprint density at radius 2 is 1.95 bits per heavy atom. The van der Waals surface area contributed by atoms with E-state index < -0.39 is 0 Å². The topological polar surface area (TPSA) is 65.7 Å². The van der Waals surface area contributed by atoms with Crippen LogP contribution in [-0.4, -0.2) is 23.0 Å². The SMILES string of the molecule is C=CCc1cc(C=Nn2c(CCCC)nc3ccc(Br)cc3c2=O)cc(OC)c1OCc1ccc(Cl)cc1. The average Bonchev–Trinajstić information content (AvgIpc) is 2.92. The molecule has 6 nitrogen and oxygen atoms in total. The van der Waals surface area contributed by atoms with Crippen LogP contribution >= 0.6 is 27.5 Å². The van der Waals surface area contributed by atoms with E-state index in [4.69, 9.17) is 26.1 Å². The third-order valence-corrected chi connectivity index (χ3v) is 6.73. The quantitative estimate of drug-likeness (QED) is 0.134. The van der Waals surface area contributed by atoms with Gasteiger partial charge in [-0.1, -0.05) is 59.1 Å². The second-order valence-corrected chi connectivity index (χ2v) is 10.1. The van der Waals surface area contributed by atoms with Crippen molar-refractivity contribution in [1.29, 1.82) is 0 Å². The van der Waals surface area contributed by atoms with Gasteiger partial charge in [-0.25, -0.2) is 4.98 Å². The summed E-state index contributed by atoms with van der Waals surface area (Å²) in [4.78, 5) is 18.1. The Morgan fingerprint density at radius 3 is 2.66 bits per heavy atom. The van der Waals surface area contributed by atoms with Crippen LogP contribution in [0.2, 0.25) is 5.02 Å². The number of ether oxygens (including phenoxy) is 2. The summed E-state index contributed by atoms with van der Waals surface area (Å²) in [7, 11) is 1.60. The van der Waals surface area contributed by atoms with Crippen molar-refractivity contribution in [3.63, 3.8) is 0 Å². The Balaban J connectivity index is 1.72. The fourth-order valence-corrected chi connectivity index (χ4v) is 4.54. The van der Waals surface area contributed by atoms with E-state index in [0.717, 1.165) is 34.0 Å². The molecule has 0 bridgehead atoms. The maximum Gasteiger partial charge on any atom is 0.282 e. The van der Waals surface area contributed by atoms with Crippen LogP contribution in [0, 0.1) is 0 Å². The summed E-state index contributed by atoms with van der Waals surface area (Å²) in [5.41, 5.74) is 3.10. The number of methoxy groups -OCH3 is 1. The minimum absolute atomic E-state index is 0.208. The smallest absolute Gasteiger partial charge is 0.282 e. The zero-order valence-corrected chi connectivity index (χ0v) is 23.8. The van der Waals surface area contributed by atoms with E-state index in [1.807, 2.05) is 54.6 Å². The maximum atomic E-state index is 13.4.